The molecule has 0 amide bonds. The number of fused-ring (bicyclic) bond motifs is 1. The molecule has 0 unspecified atom stereocenters. The van der Waals surface area contributed by atoms with Gasteiger partial charge in [-0.15, -0.1) is 0 Å². The van der Waals surface area contributed by atoms with Crippen molar-refractivity contribution in [1.82, 2.24) is 29.3 Å². The summed E-state index contributed by atoms with van der Waals surface area (Å²) in [5.41, 5.74) is 10.3. The van der Waals surface area contributed by atoms with Gasteiger partial charge in [-0.3, -0.25) is 4.68 Å². The molecule has 34 heavy (non-hydrogen) atoms. The van der Waals surface area contributed by atoms with E-state index in [2.05, 4.69) is 20.1 Å². The summed E-state index contributed by atoms with van der Waals surface area (Å²) in [5.74, 6) is -1.20. The lowest BCUT2D eigenvalue weighted by molar-refractivity contribution is -0.144. The highest BCUT2D eigenvalue weighted by Gasteiger charge is 2.36. The first-order valence-corrected chi connectivity index (χ1v) is 10.5. The summed E-state index contributed by atoms with van der Waals surface area (Å²) >= 11 is 0. The van der Waals surface area contributed by atoms with E-state index in [1.165, 1.54) is 0 Å². The van der Waals surface area contributed by atoms with E-state index < -0.39 is 12.0 Å². The number of imidazole rings is 1. The molecular weight excluding hydrogens is 443 g/mol. The second-order valence-corrected chi connectivity index (χ2v) is 7.99. The van der Waals surface area contributed by atoms with Crippen molar-refractivity contribution in [1.29, 1.82) is 0 Å². The van der Waals surface area contributed by atoms with E-state index in [9.17, 15) is 13.2 Å². The Labute approximate surface area is 192 Å². The first kappa shape index (κ1) is 21.8. The predicted octanol–water partition coefficient (Wildman–Crippen LogP) is 4.67. The number of aryl methyl sites for hydroxylation is 2. The zero-order valence-corrected chi connectivity index (χ0v) is 18.4. The van der Waals surface area contributed by atoms with Crippen LogP contribution in [-0.2, 0) is 19.8 Å². The third kappa shape index (κ3) is 3.81. The summed E-state index contributed by atoms with van der Waals surface area (Å²) in [5, 5.41) is 4.65. The summed E-state index contributed by atoms with van der Waals surface area (Å²) in [4.78, 5) is 12.3. The Kier molecular flexibility index (Phi) is 5.17. The Morgan fingerprint density at radius 3 is 2.56 bits per heavy atom. The van der Waals surface area contributed by atoms with E-state index in [4.69, 9.17) is 5.73 Å². The van der Waals surface area contributed by atoms with Gasteiger partial charge < -0.3 is 10.3 Å². The molecule has 7 nitrogen and oxygen atoms in total. The smallest absolute Gasteiger partial charge is 0.326 e. The molecule has 0 fully saturated rings. The standard InChI is InChI=1S/C24H20F3N7/c1-14-8-15(9-28)6-7-17(14)21-18-4-3-5-20(22(18)32-23(31-21)24(25,26)27)34-12-19(29-13-34)16-10-30-33(2)11-16/h3-8,10-13H,9,28H2,1-2H3. The molecule has 0 aliphatic heterocycles. The van der Waals surface area contributed by atoms with Crippen LogP contribution in [0.2, 0.25) is 0 Å². The first-order valence-electron chi connectivity index (χ1n) is 10.5. The first-order chi connectivity index (χ1) is 16.2. The Morgan fingerprint density at radius 1 is 1.06 bits per heavy atom. The summed E-state index contributed by atoms with van der Waals surface area (Å²) < 4.78 is 44.8. The van der Waals surface area contributed by atoms with Crippen LogP contribution >= 0.6 is 0 Å². The van der Waals surface area contributed by atoms with Crippen molar-refractivity contribution < 1.29 is 13.2 Å². The van der Waals surface area contributed by atoms with E-state index in [1.807, 2.05) is 19.2 Å². The quantitative estimate of drug-likeness (QED) is 0.419. The van der Waals surface area contributed by atoms with Crippen LogP contribution in [0.1, 0.15) is 17.0 Å². The topological polar surface area (TPSA) is 87.4 Å². The predicted molar refractivity (Wildman–Crippen MR) is 122 cm³/mol. The normalized spacial score (nSPS) is 11.9. The van der Waals surface area contributed by atoms with Gasteiger partial charge in [-0.05, 0) is 24.1 Å². The van der Waals surface area contributed by atoms with Gasteiger partial charge in [0.2, 0.25) is 5.82 Å². The van der Waals surface area contributed by atoms with Gasteiger partial charge in [0.1, 0.15) is 0 Å². The van der Waals surface area contributed by atoms with Gasteiger partial charge in [0.05, 0.1) is 35.1 Å². The number of alkyl halides is 3. The molecule has 5 rings (SSSR count). The highest BCUT2D eigenvalue weighted by molar-refractivity contribution is 5.97. The number of hydrogen-bond acceptors (Lipinski definition) is 5. The van der Waals surface area contributed by atoms with Crippen LogP contribution in [0.15, 0.2) is 61.3 Å². The minimum absolute atomic E-state index is 0.178. The second kappa shape index (κ2) is 8.07. The zero-order valence-electron chi connectivity index (χ0n) is 18.4. The maximum Gasteiger partial charge on any atom is 0.451 e. The lowest BCUT2D eigenvalue weighted by Gasteiger charge is -2.15. The maximum atomic E-state index is 13.8. The van der Waals surface area contributed by atoms with Gasteiger partial charge in [-0.1, -0.05) is 30.3 Å². The summed E-state index contributed by atoms with van der Waals surface area (Å²) in [7, 11) is 1.80. The number of nitrogens with two attached hydrogens (primary N) is 1. The number of para-hydroxylation sites is 1. The number of nitrogens with zero attached hydrogens (tertiary/aromatic N) is 6. The fourth-order valence-corrected chi connectivity index (χ4v) is 3.95. The summed E-state index contributed by atoms with van der Waals surface area (Å²) in [6.07, 6.45) is 2.06. The Balaban J connectivity index is 1.74. The molecule has 0 saturated carbocycles. The van der Waals surface area contributed by atoms with Crippen LogP contribution in [0.3, 0.4) is 0 Å². The van der Waals surface area contributed by atoms with E-state index in [0.717, 1.165) is 16.7 Å². The molecule has 0 atom stereocenters. The molecule has 3 heterocycles. The van der Waals surface area contributed by atoms with Crippen molar-refractivity contribution in [3.63, 3.8) is 0 Å². The molecule has 0 spiro atoms. The second-order valence-electron chi connectivity index (χ2n) is 7.99. The number of hydrogen-bond donors (Lipinski definition) is 1. The van der Waals surface area contributed by atoms with Crippen LogP contribution in [0.25, 0.3) is 39.1 Å². The molecule has 3 aromatic heterocycles. The molecule has 2 N–H and O–H groups in total. The average Bonchev–Trinajstić information content (AvgIpc) is 3.46. The Morgan fingerprint density at radius 2 is 1.88 bits per heavy atom. The molecule has 0 bridgehead atoms. The van der Waals surface area contributed by atoms with Crippen LogP contribution in [0, 0.1) is 6.92 Å². The van der Waals surface area contributed by atoms with Crippen molar-refractivity contribution >= 4 is 10.9 Å². The Bertz CT molecular complexity index is 1520. The molecule has 172 valence electrons. The van der Waals surface area contributed by atoms with E-state index >= 15 is 0 Å². The molecule has 0 aliphatic carbocycles. The third-order valence-corrected chi connectivity index (χ3v) is 5.60. The number of aromatic nitrogens is 6. The van der Waals surface area contributed by atoms with E-state index in [0.29, 0.717) is 28.9 Å². The Hall–Kier alpha value is -4.05. The third-order valence-electron chi connectivity index (χ3n) is 5.60. The van der Waals surface area contributed by atoms with E-state index in [1.54, 1.807) is 65.3 Å². The molecule has 5 aromatic rings. The molecule has 0 aliphatic rings. The number of rotatable bonds is 4. The molecule has 0 saturated heterocycles. The van der Waals surface area contributed by atoms with E-state index in [-0.39, 0.29) is 11.2 Å². The van der Waals surface area contributed by atoms with Gasteiger partial charge in [-0.2, -0.15) is 18.3 Å². The molecule has 10 heteroatoms. The SMILES string of the molecule is Cc1cc(CN)ccc1-c1nc(C(F)(F)F)nc2c(-n3cnc(-c4cnn(C)c4)c3)cccc12. The van der Waals surface area contributed by atoms with Crippen molar-refractivity contribution in [2.24, 2.45) is 12.8 Å². The highest BCUT2D eigenvalue weighted by Crippen LogP contribution is 2.36. The van der Waals surface area contributed by atoms with Gasteiger partial charge in [-0.25, -0.2) is 15.0 Å². The van der Waals surface area contributed by atoms with Gasteiger partial charge >= 0.3 is 6.18 Å². The van der Waals surface area contributed by atoms with Crippen LogP contribution < -0.4 is 5.73 Å². The largest absolute Gasteiger partial charge is 0.451 e. The number of benzene rings is 2. The summed E-state index contributed by atoms with van der Waals surface area (Å²) in [6, 6.07) is 10.6. The fraction of sp³-hybridized carbons (Fsp3) is 0.167. The minimum Gasteiger partial charge on any atom is -0.326 e. The zero-order chi connectivity index (χ0) is 24.0. The van der Waals surface area contributed by atoms with Gasteiger partial charge in [0.25, 0.3) is 0 Å². The fourth-order valence-electron chi connectivity index (χ4n) is 3.95. The average molecular weight is 463 g/mol. The van der Waals surface area contributed by atoms with Gasteiger partial charge in [0, 0.05) is 42.5 Å². The maximum absolute atomic E-state index is 13.8. The van der Waals surface area contributed by atoms with Gasteiger partial charge in [0.15, 0.2) is 0 Å². The molecule has 2 aromatic carbocycles. The summed E-state index contributed by atoms with van der Waals surface area (Å²) in [6.45, 7) is 2.17. The highest BCUT2D eigenvalue weighted by atomic mass is 19.4. The van der Waals surface area contributed by atoms with Crippen molar-refractivity contribution in [2.45, 2.75) is 19.6 Å². The van der Waals surface area contributed by atoms with Crippen molar-refractivity contribution in [3.05, 3.63) is 78.3 Å². The monoisotopic (exact) mass is 463 g/mol. The lowest BCUT2D eigenvalue weighted by atomic mass is 9.99. The molecular formula is C24H20F3N7. The molecule has 0 radical (unpaired) electrons. The van der Waals surface area contributed by atoms with Crippen molar-refractivity contribution in [3.8, 4) is 28.2 Å². The van der Waals surface area contributed by atoms with Crippen LogP contribution in [-0.4, -0.2) is 29.3 Å². The minimum atomic E-state index is -4.71. The van der Waals surface area contributed by atoms with Crippen LogP contribution in [0.5, 0.6) is 0 Å². The lowest BCUT2D eigenvalue weighted by Crippen LogP contribution is -2.13. The van der Waals surface area contributed by atoms with Crippen LogP contribution in [0.4, 0.5) is 13.2 Å². The number of halogens is 3. The van der Waals surface area contributed by atoms with Crippen molar-refractivity contribution in [2.75, 3.05) is 0 Å².